The molecule has 0 aromatic heterocycles. The molecule has 3 rings (SSSR count). The molecule has 1 fully saturated rings. The van der Waals surface area contributed by atoms with Gasteiger partial charge in [-0.25, -0.2) is 0 Å². The van der Waals surface area contributed by atoms with Crippen molar-refractivity contribution in [1.82, 2.24) is 10.2 Å². The molecule has 5 heteroatoms. The fourth-order valence-electron chi connectivity index (χ4n) is 2.95. The molecule has 0 atom stereocenters. The summed E-state index contributed by atoms with van der Waals surface area (Å²) in [4.78, 5) is 39.0. The molecule has 0 aliphatic carbocycles. The van der Waals surface area contributed by atoms with E-state index in [1.54, 1.807) is 53.4 Å². The van der Waals surface area contributed by atoms with Crippen LogP contribution in [0.25, 0.3) is 0 Å². The van der Waals surface area contributed by atoms with Crippen LogP contribution in [0.3, 0.4) is 0 Å². The highest BCUT2D eigenvalue weighted by molar-refractivity contribution is 6.15. The second-order valence-corrected chi connectivity index (χ2v) is 6.01. The predicted octanol–water partition coefficient (Wildman–Crippen LogP) is 2.27. The first-order valence-electron chi connectivity index (χ1n) is 8.41. The first-order valence-corrected chi connectivity index (χ1v) is 8.41. The third-order valence-corrected chi connectivity index (χ3v) is 4.31. The minimum atomic E-state index is -0.410. The van der Waals surface area contributed by atoms with Crippen molar-refractivity contribution >= 4 is 17.6 Å². The number of nitrogens with one attached hydrogen (secondary N) is 1. The smallest absolute Gasteiger partial charge is 0.252 e. The second-order valence-electron chi connectivity index (χ2n) is 6.01. The third-order valence-electron chi connectivity index (χ3n) is 4.31. The molecule has 0 unspecified atom stereocenters. The number of nitrogens with zero attached hydrogens (tertiary/aromatic N) is 1. The highest BCUT2D eigenvalue weighted by Gasteiger charge is 2.21. The molecule has 0 bridgehead atoms. The monoisotopic (exact) mass is 336 g/mol. The van der Waals surface area contributed by atoms with E-state index in [1.165, 1.54) is 0 Å². The van der Waals surface area contributed by atoms with Crippen LogP contribution in [0.5, 0.6) is 0 Å². The van der Waals surface area contributed by atoms with E-state index in [2.05, 4.69) is 5.32 Å². The molecular formula is C20H20N2O3. The van der Waals surface area contributed by atoms with Crippen LogP contribution in [-0.4, -0.2) is 42.1 Å². The van der Waals surface area contributed by atoms with Gasteiger partial charge in [-0.05, 0) is 18.9 Å². The van der Waals surface area contributed by atoms with Crippen molar-refractivity contribution in [2.45, 2.75) is 12.8 Å². The van der Waals surface area contributed by atoms with E-state index in [4.69, 9.17) is 0 Å². The zero-order valence-corrected chi connectivity index (χ0v) is 13.9. The lowest BCUT2D eigenvalue weighted by molar-refractivity contribution is -0.129. The SMILES string of the molecule is O=C(NCC(=O)N1CCCC1)c1ccccc1C(=O)c1ccccc1. The quantitative estimate of drug-likeness (QED) is 0.852. The van der Waals surface area contributed by atoms with Gasteiger partial charge in [0.25, 0.3) is 5.91 Å². The molecule has 25 heavy (non-hydrogen) atoms. The van der Waals surface area contributed by atoms with Gasteiger partial charge in [0.15, 0.2) is 5.78 Å². The molecule has 128 valence electrons. The van der Waals surface area contributed by atoms with Gasteiger partial charge < -0.3 is 10.2 Å². The van der Waals surface area contributed by atoms with Crippen LogP contribution in [0.1, 0.15) is 39.1 Å². The summed E-state index contributed by atoms with van der Waals surface area (Å²) in [5.74, 6) is -0.706. The van der Waals surface area contributed by atoms with Crippen molar-refractivity contribution in [3.05, 3.63) is 71.3 Å². The van der Waals surface area contributed by atoms with Crippen LogP contribution in [0.4, 0.5) is 0 Å². The number of carbonyl (C=O) groups excluding carboxylic acids is 3. The van der Waals surface area contributed by atoms with Gasteiger partial charge in [0.1, 0.15) is 0 Å². The van der Waals surface area contributed by atoms with Crippen molar-refractivity contribution in [2.24, 2.45) is 0 Å². The van der Waals surface area contributed by atoms with Crippen molar-refractivity contribution in [3.8, 4) is 0 Å². The Balaban J connectivity index is 1.72. The summed E-state index contributed by atoms with van der Waals surface area (Å²) in [6.45, 7) is 1.45. The summed E-state index contributed by atoms with van der Waals surface area (Å²) in [5, 5.41) is 2.64. The topological polar surface area (TPSA) is 66.5 Å². The Morgan fingerprint density at radius 3 is 2.12 bits per heavy atom. The minimum absolute atomic E-state index is 0.0489. The van der Waals surface area contributed by atoms with E-state index >= 15 is 0 Å². The van der Waals surface area contributed by atoms with Gasteiger partial charge in [-0.15, -0.1) is 0 Å². The molecular weight excluding hydrogens is 316 g/mol. The summed E-state index contributed by atoms with van der Waals surface area (Å²) < 4.78 is 0. The normalized spacial score (nSPS) is 13.5. The Kier molecular flexibility index (Phi) is 5.23. The molecule has 1 saturated heterocycles. The zero-order valence-electron chi connectivity index (χ0n) is 13.9. The molecule has 0 radical (unpaired) electrons. The molecule has 1 heterocycles. The Bertz CT molecular complexity index is 781. The van der Waals surface area contributed by atoms with Gasteiger partial charge in [0, 0.05) is 24.2 Å². The Labute approximate surface area is 146 Å². The number of likely N-dealkylation sites (tertiary alicyclic amines) is 1. The lowest BCUT2D eigenvalue weighted by Crippen LogP contribution is -2.39. The van der Waals surface area contributed by atoms with Crippen LogP contribution in [0, 0.1) is 0 Å². The zero-order chi connectivity index (χ0) is 17.6. The molecule has 1 aliphatic rings. The number of ketones is 1. The maximum absolute atomic E-state index is 12.7. The molecule has 0 spiro atoms. The molecule has 0 saturated carbocycles. The molecule has 2 aromatic rings. The number of amides is 2. The van der Waals surface area contributed by atoms with Gasteiger partial charge in [-0.3, -0.25) is 14.4 Å². The Hall–Kier alpha value is -2.95. The summed E-state index contributed by atoms with van der Waals surface area (Å²) in [6.07, 6.45) is 2.02. The Morgan fingerprint density at radius 1 is 0.840 bits per heavy atom. The lowest BCUT2D eigenvalue weighted by atomic mass is 9.98. The average Bonchev–Trinajstić information content (AvgIpc) is 3.21. The van der Waals surface area contributed by atoms with Gasteiger partial charge in [0.2, 0.25) is 5.91 Å². The predicted molar refractivity (Wildman–Crippen MR) is 94.5 cm³/mol. The number of carbonyl (C=O) groups is 3. The van der Waals surface area contributed by atoms with Gasteiger partial charge in [-0.2, -0.15) is 0 Å². The van der Waals surface area contributed by atoms with Crippen molar-refractivity contribution < 1.29 is 14.4 Å². The lowest BCUT2D eigenvalue weighted by Gasteiger charge is -2.16. The maximum Gasteiger partial charge on any atom is 0.252 e. The van der Waals surface area contributed by atoms with Crippen LogP contribution in [-0.2, 0) is 4.79 Å². The molecule has 1 N–H and O–H groups in total. The maximum atomic E-state index is 12.7. The van der Waals surface area contributed by atoms with Crippen LogP contribution < -0.4 is 5.32 Å². The highest BCUT2D eigenvalue weighted by atomic mass is 16.2. The van der Waals surface area contributed by atoms with Crippen molar-refractivity contribution in [3.63, 3.8) is 0 Å². The summed E-state index contributed by atoms with van der Waals surface area (Å²) in [6, 6.07) is 15.5. The summed E-state index contributed by atoms with van der Waals surface area (Å²) in [7, 11) is 0. The average molecular weight is 336 g/mol. The van der Waals surface area contributed by atoms with E-state index in [0.29, 0.717) is 11.1 Å². The molecule has 5 nitrogen and oxygen atoms in total. The number of hydrogen-bond donors (Lipinski definition) is 1. The first-order chi connectivity index (χ1) is 12.2. The van der Waals surface area contributed by atoms with E-state index in [0.717, 1.165) is 25.9 Å². The van der Waals surface area contributed by atoms with Gasteiger partial charge >= 0.3 is 0 Å². The number of hydrogen-bond acceptors (Lipinski definition) is 3. The van der Waals surface area contributed by atoms with Crippen LogP contribution in [0.15, 0.2) is 54.6 Å². The molecule has 2 amide bonds. The number of rotatable bonds is 5. The summed E-state index contributed by atoms with van der Waals surface area (Å²) in [5.41, 5.74) is 1.14. The fraction of sp³-hybridized carbons (Fsp3) is 0.250. The van der Waals surface area contributed by atoms with E-state index in [1.807, 2.05) is 6.07 Å². The van der Waals surface area contributed by atoms with Gasteiger partial charge in [0.05, 0.1) is 12.1 Å². The molecule has 2 aromatic carbocycles. The van der Waals surface area contributed by atoms with Gasteiger partial charge in [-0.1, -0.05) is 48.5 Å². The van der Waals surface area contributed by atoms with E-state index in [-0.39, 0.29) is 23.8 Å². The fourth-order valence-corrected chi connectivity index (χ4v) is 2.95. The number of benzene rings is 2. The van der Waals surface area contributed by atoms with E-state index in [9.17, 15) is 14.4 Å². The molecule has 1 aliphatic heterocycles. The minimum Gasteiger partial charge on any atom is -0.343 e. The first kappa shape index (κ1) is 16.9. The van der Waals surface area contributed by atoms with Crippen LogP contribution >= 0.6 is 0 Å². The van der Waals surface area contributed by atoms with Crippen molar-refractivity contribution in [1.29, 1.82) is 0 Å². The largest absolute Gasteiger partial charge is 0.343 e. The van der Waals surface area contributed by atoms with E-state index < -0.39 is 5.91 Å². The Morgan fingerprint density at radius 2 is 1.44 bits per heavy atom. The van der Waals surface area contributed by atoms with Crippen molar-refractivity contribution in [2.75, 3.05) is 19.6 Å². The standard InChI is InChI=1S/C20H20N2O3/c23-18(22-12-6-7-13-22)14-21-20(25)17-11-5-4-10-16(17)19(24)15-8-2-1-3-9-15/h1-5,8-11H,6-7,12-14H2,(H,21,25). The summed E-state index contributed by atoms with van der Waals surface area (Å²) >= 11 is 0. The third kappa shape index (κ3) is 3.94. The van der Waals surface area contributed by atoms with Crippen LogP contribution in [0.2, 0.25) is 0 Å². The highest BCUT2D eigenvalue weighted by Crippen LogP contribution is 2.15. The second kappa shape index (κ2) is 7.75.